The molecule has 0 radical (unpaired) electrons. The molecule has 0 aliphatic carbocycles. The van der Waals surface area contributed by atoms with Gasteiger partial charge in [0.1, 0.15) is 0 Å². The highest BCUT2D eigenvalue weighted by Gasteiger charge is 2.28. The Balaban J connectivity index is 2.15. The smallest absolute Gasteiger partial charge is 0.0707 e. The van der Waals surface area contributed by atoms with Gasteiger partial charge in [-0.2, -0.15) is 0 Å². The molecule has 0 unspecified atom stereocenters. The molecule has 0 bridgehead atoms. The van der Waals surface area contributed by atoms with E-state index in [0.717, 1.165) is 39.5 Å². The highest BCUT2D eigenvalue weighted by atomic mass is 15.3. The van der Waals surface area contributed by atoms with Crippen LogP contribution >= 0.6 is 0 Å². The maximum Gasteiger partial charge on any atom is 0.0707 e. The first kappa shape index (κ1) is 14.7. The van der Waals surface area contributed by atoms with Crippen molar-refractivity contribution in [3.63, 3.8) is 0 Å². The van der Waals surface area contributed by atoms with Crippen molar-refractivity contribution in [1.82, 2.24) is 9.80 Å². The molecular formula is C17H28N4. The lowest BCUT2D eigenvalue weighted by Crippen LogP contribution is -2.43. The van der Waals surface area contributed by atoms with Crippen LogP contribution in [0.5, 0.6) is 0 Å². The van der Waals surface area contributed by atoms with Crippen molar-refractivity contribution in [2.45, 2.75) is 33.9 Å². The molecule has 0 atom stereocenters. The summed E-state index contributed by atoms with van der Waals surface area (Å²) in [5.41, 5.74) is 7.43. The van der Waals surface area contributed by atoms with Crippen molar-refractivity contribution in [2.75, 3.05) is 50.3 Å². The van der Waals surface area contributed by atoms with Crippen LogP contribution in [-0.2, 0) is 13.1 Å². The Hall–Kier alpha value is -1.26. The van der Waals surface area contributed by atoms with E-state index in [4.69, 9.17) is 0 Å². The minimum Gasteiger partial charge on any atom is -0.358 e. The Morgan fingerprint density at radius 3 is 1.67 bits per heavy atom. The summed E-state index contributed by atoms with van der Waals surface area (Å²) in [4.78, 5) is 9.84. The van der Waals surface area contributed by atoms with Gasteiger partial charge in [0.2, 0.25) is 0 Å². The van der Waals surface area contributed by atoms with Gasteiger partial charge in [-0.05, 0) is 57.6 Å². The quantitative estimate of drug-likeness (QED) is 0.828. The third-order valence-corrected chi connectivity index (χ3v) is 4.77. The second kappa shape index (κ2) is 5.50. The second-order valence-corrected chi connectivity index (χ2v) is 6.54. The molecular weight excluding hydrogens is 260 g/mol. The van der Waals surface area contributed by atoms with Crippen LogP contribution in [0.1, 0.15) is 30.5 Å². The van der Waals surface area contributed by atoms with Gasteiger partial charge in [-0.1, -0.05) is 0 Å². The molecule has 2 aliphatic rings. The van der Waals surface area contributed by atoms with Gasteiger partial charge in [-0.25, -0.2) is 0 Å². The molecule has 0 N–H and O–H groups in total. The Bertz CT molecular complexity index is 496. The van der Waals surface area contributed by atoms with E-state index in [2.05, 4.69) is 60.5 Å². The number of hydrogen-bond donors (Lipinski definition) is 0. The zero-order valence-corrected chi connectivity index (χ0v) is 14.1. The van der Waals surface area contributed by atoms with Crippen LogP contribution in [-0.4, -0.2) is 50.3 Å². The fraction of sp³-hybridized carbons (Fsp3) is 0.647. The van der Waals surface area contributed by atoms with Crippen LogP contribution in [0.3, 0.4) is 0 Å². The number of hydrogen-bond acceptors (Lipinski definition) is 4. The highest BCUT2D eigenvalue weighted by Crippen LogP contribution is 2.40. The third-order valence-electron chi connectivity index (χ3n) is 4.77. The van der Waals surface area contributed by atoms with Gasteiger partial charge in [-0.3, -0.25) is 9.80 Å². The molecule has 0 saturated heterocycles. The standard InChI is InChI=1S/C17H28N4/c1-6-20-11-18(4)9-14-8-15-10-19(5)12-21(7-2)17(15)13(3)16(14)20/h8H,6-7,9-12H2,1-5H3. The average Bonchev–Trinajstić information content (AvgIpc) is 2.44. The number of rotatable bonds is 2. The van der Waals surface area contributed by atoms with E-state index in [1.54, 1.807) is 0 Å². The summed E-state index contributed by atoms with van der Waals surface area (Å²) in [5, 5.41) is 0. The van der Waals surface area contributed by atoms with Gasteiger partial charge in [0.25, 0.3) is 0 Å². The van der Waals surface area contributed by atoms with Crippen LogP contribution in [0.25, 0.3) is 0 Å². The van der Waals surface area contributed by atoms with Crippen LogP contribution in [0.2, 0.25) is 0 Å². The first-order chi connectivity index (χ1) is 10.0. The van der Waals surface area contributed by atoms with Crippen LogP contribution in [0.15, 0.2) is 6.07 Å². The average molecular weight is 288 g/mol. The summed E-state index contributed by atoms with van der Waals surface area (Å²) in [7, 11) is 4.43. The maximum atomic E-state index is 2.51. The van der Waals surface area contributed by atoms with E-state index in [0.29, 0.717) is 0 Å². The topological polar surface area (TPSA) is 13.0 Å². The Morgan fingerprint density at radius 1 is 0.857 bits per heavy atom. The Morgan fingerprint density at radius 2 is 1.29 bits per heavy atom. The zero-order chi connectivity index (χ0) is 15.1. The van der Waals surface area contributed by atoms with E-state index >= 15 is 0 Å². The lowest BCUT2D eigenvalue weighted by molar-refractivity contribution is 0.302. The molecule has 116 valence electrons. The lowest BCUT2D eigenvalue weighted by Gasteiger charge is -2.42. The molecule has 2 heterocycles. The first-order valence-electron chi connectivity index (χ1n) is 8.07. The van der Waals surface area contributed by atoms with Crippen molar-refractivity contribution >= 4 is 11.4 Å². The normalized spacial score (nSPS) is 19.7. The fourth-order valence-electron chi connectivity index (χ4n) is 3.98. The van der Waals surface area contributed by atoms with E-state index < -0.39 is 0 Å². The summed E-state index contributed by atoms with van der Waals surface area (Å²) in [6, 6.07) is 2.45. The molecule has 2 aliphatic heterocycles. The second-order valence-electron chi connectivity index (χ2n) is 6.54. The summed E-state index contributed by atoms with van der Waals surface area (Å²) >= 11 is 0. The lowest BCUT2D eigenvalue weighted by atomic mass is 9.95. The van der Waals surface area contributed by atoms with Crippen molar-refractivity contribution in [3.8, 4) is 0 Å². The number of fused-ring (bicyclic) bond motifs is 2. The third kappa shape index (κ3) is 2.40. The van der Waals surface area contributed by atoms with E-state index in [1.807, 2.05) is 0 Å². The predicted molar refractivity (Wildman–Crippen MR) is 89.9 cm³/mol. The molecule has 21 heavy (non-hydrogen) atoms. The fourth-order valence-corrected chi connectivity index (χ4v) is 3.98. The highest BCUT2D eigenvalue weighted by molar-refractivity contribution is 5.75. The summed E-state index contributed by atoms with van der Waals surface area (Å²) in [6.45, 7) is 13.2. The van der Waals surface area contributed by atoms with Crippen LogP contribution in [0.4, 0.5) is 11.4 Å². The minimum atomic E-state index is 1.04. The molecule has 0 spiro atoms. The first-order valence-corrected chi connectivity index (χ1v) is 8.07. The van der Waals surface area contributed by atoms with Crippen LogP contribution < -0.4 is 9.80 Å². The van der Waals surface area contributed by atoms with Crippen molar-refractivity contribution in [2.24, 2.45) is 0 Å². The molecule has 0 saturated carbocycles. The maximum absolute atomic E-state index is 2.51. The van der Waals surface area contributed by atoms with Gasteiger partial charge in [-0.15, -0.1) is 0 Å². The van der Waals surface area contributed by atoms with Crippen LogP contribution in [0, 0.1) is 6.92 Å². The van der Waals surface area contributed by atoms with Gasteiger partial charge in [0, 0.05) is 37.6 Å². The number of benzene rings is 1. The molecule has 0 amide bonds. The van der Waals surface area contributed by atoms with E-state index in [1.165, 1.54) is 28.1 Å². The predicted octanol–water partition coefficient (Wildman–Crippen LogP) is 2.45. The van der Waals surface area contributed by atoms with Gasteiger partial charge in [0.05, 0.1) is 13.3 Å². The van der Waals surface area contributed by atoms with Crippen molar-refractivity contribution in [3.05, 3.63) is 22.8 Å². The monoisotopic (exact) mass is 288 g/mol. The van der Waals surface area contributed by atoms with Gasteiger partial charge >= 0.3 is 0 Å². The Kier molecular flexibility index (Phi) is 3.84. The Labute approximate surface area is 128 Å². The molecule has 4 heteroatoms. The van der Waals surface area contributed by atoms with Gasteiger partial charge in [0.15, 0.2) is 0 Å². The molecule has 0 aromatic heterocycles. The number of anilines is 2. The molecule has 0 fully saturated rings. The summed E-state index contributed by atoms with van der Waals surface area (Å²) in [5.74, 6) is 0. The summed E-state index contributed by atoms with van der Waals surface area (Å²) < 4.78 is 0. The molecule has 1 aromatic carbocycles. The van der Waals surface area contributed by atoms with Crippen molar-refractivity contribution in [1.29, 1.82) is 0 Å². The molecule has 4 nitrogen and oxygen atoms in total. The minimum absolute atomic E-state index is 1.04. The molecule has 3 rings (SSSR count). The summed E-state index contributed by atoms with van der Waals surface area (Å²) in [6.07, 6.45) is 0. The van der Waals surface area contributed by atoms with Gasteiger partial charge < -0.3 is 9.80 Å². The van der Waals surface area contributed by atoms with E-state index in [-0.39, 0.29) is 0 Å². The van der Waals surface area contributed by atoms with Crippen molar-refractivity contribution < 1.29 is 0 Å². The molecule has 1 aromatic rings. The SMILES string of the molecule is CCN1CN(C)Cc2cc3c(c(C)c21)N(CC)CN(C)C3. The largest absolute Gasteiger partial charge is 0.358 e. The zero-order valence-electron chi connectivity index (χ0n) is 14.1. The number of nitrogens with zero attached hydrogens (tertiary/aromatic N) is 4. The van der Waals surface area contributed by atoms with E-state index in [9.17, 15) is 0 Å².